The normalized spacial score (nSPS) is 12.9. The number of aromatic nitrogens is 1. The van der Waals surface area contributed by atoms with Crippen molar-refractivity contribution in [1.82, 2.24) is 4.98 Å². The van der Waals surface area contributed by atoms with E-state index in [1.165, 1.54) is 11.3 Å². The lowest BCUT2D eigenvalue weighted by Crippen LogP contribution is -2.16. The number of pyridine rings is 1. The predicted molar refractivity (Wildman–Crippen MR) is 82.0 cm³/mol. The standard InChI is InChI=1S/C16H17N3O2/c1-2-21-16(20)18-13-7-8-15(17-11-13)19-10-9-12-5-3-4-6-14(12)19/h3-8,11H,2,9-10H2,1H3,(H,18,20). The molecule has 0 radical (unpaired) electrons. The summed E-state index contributed by atoms with van der Waals surface area (Å²) in [5.74, 6) is 0.884. The van der Waals surface area contributed by atoms with Crippen LogP contribution in [0.2, 0.25) is 0 Å². The van der Waals surface area contributed by atoms with E-state index in [9.17, 15) is 4.79 Å². The number of ether oxygens (including phenoxy) is 1. The molecule has 21 heavy (non-hydrogen) atoms. The number of hydrogen-bond donors (Lipinski definition) is 1. The zero-order valence-electron chi connectivity index (χ0n) is 11.9. The van der Waals surface area contributed by atoms with Crippen LogP contribution in [0.1, 0.15) is 12.5 Å². The van der Waals surface area contributed by atoms with Crippen molar-refractivity contribution in [3.05, 3.63) is 48.2 Å². The Morgan fingerprint density at radius 1 is 1.33 bits per heavy atom. The summed E-state index contributed by atoms with van der Waals surface area (Å²) < 4.78 is 4.83. The van der Waals surface area contributed by atoms with Crippen molar-refractivity contribution in [2.24, 2.45) is 0 Å². The summed E-state index contributed by atoms with van der Waals surface area (Å²) in [5.41, 5.74) is 3.17. The number of rotatable bonds is 3. The van der Waals surface area contributed by atoms with Crippen LogP contribution < -0.4 is 10.2 Å². The van der Waals surface area contributed by atoms with Gasteiger partial charge >= 0.3 is 6.09 Å². The van der Waals surface area contributed by atoms with Gasteiger partial charge in [0.15, 0.2) is 0 Å². The van der Waals surface area contributed by atoms with Gasteiger partial charge in [-0.1, -0.05) is 18.2 Å². The molecule has 0 fully saturated rings. The molecule has 108 valence electrons. The fourth-order valence-corrected chi connectivity index (χ4v) is 2.48. The van der Waals surface area contributed by atoms with Crippen LogP contribution in [-0.2, 0) is 11.2 Å². The van der Waals surface area contributed by atoms with Crippen LogP contribution in [0.4, 0.5) is 22.0 Å². The van der Waals surface area contributed by atoms with Gasteiger partial charge in [0.25, 0.3) is 0 Å². The van der Waals surface area contributed by atoms with Crippen molar-refractivity contribution in [3.63, 3.8) is 0 Å². The van der Waals surface area contributed by atoms with Gasteiger partial charge in [-0.05, 0) is 37.1 Å². The second kappa shape index (κ2) is 5.83. The van der Waals surface area contributed by atoms with Gasteiger partial charge in [-0.15, -0.1) is 0 Å². The summed E-state index contributed by atoms with van der Waals surface area (Å²) in [4.78, 5) is 18.0. The second-order valence-corrected chi connectivity index (χ2v) is 4.78. The van der Waals surface area contributed by atoms with Crippen LogP contribution in [0.3, 0.4) is 0 Å². The SMILES string of the molecule is CCOC(=O)Nc1ccc(N2CCc3ccccc32)nc1. The van der Waals surface area contributed by atoms with Crippen molar-refractivity contribution < 1.29 is 9.53 Å². The van der Waals surface area contributed by atoms with E-state index in [0.717, 1.165) is 18.8 Å². The van der Waals surface area contributed by atoms with Crippen LogP contribution in [0, 0.1) is 0 Å². The van der Waals surface area contributed by atoms with Gasteiger partial charge in [0.2, 0.25) is 0 Å². The average Bonchev–Trinajstić information content (AvgIpc) is 2.92. The molecule has 0 aliphatic carbocycles. The van der Waals surface area contributed by atoms with Crippen LogP contribution in [0.5, 0.6) is 0 Å². The summed E-state index contributed by atoms with van der Waals surface area (Å²) in [6.07, 6.45) is 2.21. The number of anilines is 3. The van der Waals surface area contributed by atoms with Crippen LogP contribution >= 0.6 is 0 Å². The lowest BCUT2D eigenvalue weighted by Gasteiger charge is -2.18. The number of hydrogen-bond acceptors (Lipinski definition) is 4. The number of nitrogens with one attached hydrogen (secondary N) is 1. The Hall–Kier alpha value is -2.56. The Morgan fingerprint density at radius 3 is 2.95 bits per heavy atom. The highest BCUT2D eigenvalue weighted by Crippen LogP contribution is 2.33. The summed E-state index contributed by atoms with van der Waals surface area (Å²) in [6.45, 7) is 3.05. The smallest absolute Gasteiger partial charge is 0.411 e. The molecule has 1 N–H and O–H groups in total. The number of benzene rings is 1. The van der Waals surface area contributed by atoms with Crippen LogP contribution in [0.15, 0.2) is 42.6 Å². The fraction of sp³-hybridized carbons (Fsp3) is 0.250. The Balaban J connectivity index is 1.75. The summed E-state index contributed by atoms with van der Waals surface area (Å²) >= 11 is 0. The molecule has 0 bridgehead atoms. The van der Waals surface area contributed by atoms with Crippen LogP contribution in [0.25, 0.3) is 0 Å². The molecule has 1 amide bonds. The third-order valence-corrected chi connectivity index (χ3v) is 3.43. The minimum absolute atomic E-state index is 0.349. The van der Waals surface area contributed by atoms with Crippen LogP contribution in [-0.4, -0.2) is 24.2 Å². The number of amides is 1. The molecule has 0 saturated heterocycles. The molecule has 2 heterocycles. The molecule has 5 heteroatoms. The second-order valence-electron chi connectivity index (χ2n) is 4.78. The molecule has 0 saturated carbocycles. The van der Waals surface area contributed by atoms with Crippen molar-refractivity contribution in [2.45, 2.75) is 13.3 Å². The molecule has 1 aromatic carbocycles. The molecule has 2 aromatic rings. The van der Waals surface area contributed by atoms with Gasteiger partial charge in [0.1, 0.15) is 5.82 Å². The molecule has 0 unspecified atom stereocenters. The monoisotopic (exact) mass is 283 g/mol. The molecule has 0 spiro atoms. The quantitative estimate of drug-likeness (QED) is 0.938. The Kier molecular flexibility index (Phi) is 3.73. The van der Waals surface area contributed by atoms with Gasteiger partial charge < -0.3 is 9.64 Å². The predicted octanol–water partition coefficient (Wildman–Crippen LogP) is 3.34. The van der Waals surface area contributed by atoms with Gasteiger partial charge in [-0.25, -0.2) is 9.78 Å². The highest BCUT2D eigenvalue weighted by Gasteiger charge is 2.20. The molecule has 1 aromatic heterocycles. The maximum Gasteiger partial charge on any atom is 0.411 e. The van der Waals surface area contributed by atoms with E-state index in [4.69, 9.17) is 4.74 Å². The Morgan fingerprint density at radius 2 is 2.19 bits per heavy atom. The summed E-state index contributed by atoms with van der Waals surface area (Å²) in [7, 11) is 0. The molecule has 5 nitrogen and oxygen atoms in total. The van der Waals surface area contributed by atoms with Gasteiger partial charge in [-0.2, -0.15) is 0 Å². The van der Waals surface area contributed by atoms with E-state index in [1.807, 2.05) is 18.2 Å². The summed E-state index contributed by atoms with van der Waals surface area (Å²) in [6, 6.07) is 12.1. The molecule has 1 aliphatic rings. The van der Waals surface area contributed by atoms with Crippen molar-refractivity contribution in [3.8, 4) is 0 Å². The first-order valence-electron chi connectivity index (χ1n) is 7.03. The first kappa shape index (κ1) is 13.4. The maximum absolute atomic E-state index is 11.3. The van der Waals surface area contributed by atoms with Crippen molar-refractivity contribution in [1.29, 1.82) is 0 Å². The van der Waals surface area contributed by atoms with Crippen molar-refractivity contribution >= 4 is 23.3 Å². The van der Waals surface area contributed by atoms with Crippen molar-refractivity contribution in [2.75, 3.05) is 23.4 Å². The van der Waals surface area contributed by atoms with E-state index in [-0.39, 0.29) is 0 Å². The molecular formula is C16H17N3O2. The molecule has 1 aliphatic heterocycles. The number of nitrogens with zero attached hydrogens (tertiary/aromatic N) is 2. The maximum atomic E-state index is 11.3. The van der Waals surface area contributed by atoms with E-state index < -0.39 is 6.09 Å². The largest absolute Gasteiger partial charge is 0.450 e. The fourth-order valence-electron chi connectivity index (χ4n) is 2.48. The Bertz CT molecular complexity index is 640. The topological polar surface area (TPSA) is 54.5 Å². The lowest BCUT2D eigenvalue weighted by molar-refractivity contribution is 0.168. The highest BCUT2D eigenvalue weighted by molar-refractivity contribution is 5.84. The number of carbonyl (C=O) groups excluding carboxylic acids is 1. The number of para-hydroxylation sites is 1. The van der Waals surface area contributed by atoms with E-state index in [2.05, 4.69) is 33.4 Å². The third kappa shape index (κ3) is 2.81. The first-order chi connectivity index (χ1) is 10.3. The molecular weight excluding hydrogens is 266 g/mol. The Labute approximate surface area is 123 Å². The minimum Gasteiger partial charge on any atom is -0.450 e. The lowest BCUT2D eigenvalue weighted by atomic mass is 10.2. The first-order valence-corrected chi connectivity index (χ1v) is 7.03. The molecule has 3 rings (SSSR count). The third-order valence-electron chi connectivity index (χ3n) is 3.43. The van der Waals surface area contributed by atoms with Gasteiger partial charge in [0.05, 0.1) is 18.5 Å². The highest BCUT2D eigenvalue weighted by atomic mass is 16.5. The summed E-state index contributed by atoms with van der Waals surface area (Å²) in [5, 5.41) is 2.64. The minimum atomic E-state index is -0.460. The number of fused-ring (bicyclic) bond motifs is 1. The average molecular weight is 283 g/mol. The van der Waals surface area contributed by atoms with Gasteiger partial charge in [0, 0.05) is 12.2 Å². The van der Waals surface area contributed by atoms with Gasteiger partial charge in [-0.3, -0.25) is 5.32 Å². The van der Waals surface area contributed by atoms with E-state index in [1.54, 1.807) is 13.1 Å². The van der Waals surface area contributed by atoms with E-state index in [0.29, 0.717) is 12.3 Å². The van der Waals surface area contributed by atoms with E-state index >= 15 is 0 Å². The number of carbonyl (C=O) groups is 1. The zero-order valence-corrected chi connectivity index (χ0v) is 11.9. The molecule has 0 atom stereocenters. The zero-order chi connectivity index (χ0) is 14.7.